The molecular weight excluding hydrogens is 430 g/mol. The van der Waals surface area contributed by atoms with E-state index in [-0.39, 0.29) is 12.1 Å². The Kier molecular flexibility index (Phi) is 5.39. The van der Waals surface area contributed by atoms with E-state index in [0.717, 1.165) is 31.6 Å². The van der Waals surface area contributed by atoms with Gasteiger partial charge in [0.2, 0.25) is 5.95 Å². The highest BCUT2D eigenvalue weighted by molar-refractivity contribution is 6.32. The Balaban J connectivity index is 1.17. The Morgan fingerprint density at radius 2 is 1.97 bits per heavy atom. The number of amides is 1. The number of nitrogens with zero attached hydrogens (tertiary/aromatic N) is 4. The van der Waals surface area contributed by atoms with E-state index >= 15 is 0 Å². The van der Waals surface area contributed by atoms with Gasteiger partial charge in [-0.3, -0.25) is 5.10 Å². The molecule has 3 fully saturated rings. The molecule has 5 rings (SSSR count). The highest BCUT2D eigenvalue weighted by Crippen LogP contribution is 2.41. The van der Waals surface area contributed by atoms with Gasteiger partial charge in [0.15, 0.2) is 11.6 Å². The SMILES string of the molecule is CC(C)(C)OC(=O)N1CC2CC(Nc3nc(Nc4cc(C5CC5)[nH]n4)ncc3Cl)CC2C1. The summed E-state index contributed by atoms with van der Waals surface area (Å²) >= 11 is 6.37. The van der Waals surface area contributed by atoms with Crippen molar-refractivity contribution in [3.8, 4) is 0 Å². The molecule has 2 atom stereocenters. The first-order valence-corrected chi connectivity index (χ1v) is 11.7. The molecule has 2 aromatic heterocycles. The predicted octanol–water partition coefficient (Wildman–Crippen LogP) is 4.53. The maximum atomic E-state index is 12.4. The molecule has 2 saturated carbocycles. The summed E-state index contributed by atoms with van der Waals surface area (Å²) < 4.78 is 5.53. The molecule has 1 saturated heterocycles. The first kappa shape index (κ1) is 21.3. The van der Waals surface area contributed by atoms with Crippen molar-refractivity contribution in [2.45, 2.75) is 64.0 Å². The third-order valence-corrected chi connectivity index (χ3v) is 6.62. The summed E-state index contributed by atoms with van der Waals surface area (Å²) in [6.45, 7) is 7.17. The Morgan fingerprint density at radius 3 is 2.62 bits per heavy atom. The van der Waals surface area contributed by atoms with E-state index in [4.69, 9.17) is 16.3 Å². The van der Waals surface area contributed by atoms with E-state index in [1.54, 1.807) is 6.20 Å². The Labute approximate surface area is 192 Å². The Morgan fingerprint density at radius 1 is 1.25 bits per heavy atom. The first-order chi connectivity index (χ1) is 15.2. The second kappa shape index (κ2) is 8.10. The minimum Gasteiger partial charge on any atom is -0.444 e. The molecule has 0 aromatic carbocycles. The van der Waals surface area contributed by atoms with E-state index < -0.39 is 5.60 Å². The lowest BCUT2D eigenvalue weighted by Gasteiger charge is -2.25. The summed E-state index contributed by atoms with van der Waals surface area (Å²) in [5.41, 5.74) is 0.682. The fourth-order valence-corrected chi connectivity index (χ4v) is 4.88. The molecule has 2 aromatic rings. The minimum atomic E-state index is -0.468. The Bertz CT molecular complexity index is 986. The van der Waals surface area contributed by atoms with Crippen LogP contribution in [0.1, 0.15) is 58.1 Å². The zero-order valence-electron chi connectivity index (χ0n) is 18.7. The molecule has 9 nitrogen and oxygen atoms in total. The largest absolute Gasteiger partial charge is 0.444 e. The molecule has 172 valence electrons. The summed E-state index contributed by atoms with van der Waals surface area (Å²) in [5, 5.41) is 14.5. The zero-order chi connectivity index (χ0) is 22.5. The van der Waals surface area contributed by atoms with Gasteiger partial charge in [-0.15, -0.1) is 0 Å². The summed E-state index contributed by atoms with van der Waals surface area (Å²) in [5.74, 6) is 3.31. The average Bonchev–Trinajstić information content (AvgIpc) is 3.14. The van der Waals surface area contributed by atoms with Crippen LogP contribution in [-0.4, -0.2) is 55.9 Å². The van der Waals surface area contributed by atoms with E-state index in [1.165, 1.54) is 12.8 Å². The van der Waals surface area contributed by atoms with Crippen LogP contribution < -0.4 is 10.6 Å². The van der Waals surface area contributed by atoms with Gasteiger partial charge >= 0.3 is 6.09 Å². The summed E-state index contributed by atoms with van der Waals surface area (Å²) in [6, 6.07) is 2.27. The van der Waals surface area contributed by atoms with Crippen LogP contribution in [0.2, 0.25) is 5.02 Å². The van der Waals surface area contributed by atoms with Crippen molar-refractivity contribution >= 4 is 35.3 Å². The number of carbonyl (C=O) groups is 1. The molecule has 0 radical (unpaired) electrons. The van der Waals surface area contributed by atoms with Gasteiger partial charge in [0.1, 0.15) is 10.6 Å². The van der Waals surface area contributed by atoms with Crippen molar-refractivity contribution in [2.75, 3.05) is 23.7 Å². The second-order valence-corrected chi connectivity index (χ2v) is 10.6. The number of likely N-dealkylation sites (tertiary alicyclic amines) is 1. The van der Waals surface area contributed by atoms with Crippen LogP contribution >= 0.6 is 11.6 Å². The van der Waals surface area contributed by atoms with Crippen molar-refractivity contribution in [3.05, 3.63) is 23.0 Å². The number of aromatic nitrogens is 4. The number of ether oxygens (including phenoxy) is 1. The van der Waals surface area contributed by atoms with Gasteiger partial charge in [0.25, 0.3) is 0 Å². The topological polar surface area (TPSA) is 108 Å². The standard InChI is InChI=1S/C22H30ClN7O2/c1-22(2,3)32-21(31)30-10-13-6-15(7-14(13)11-30)25-19-16(23)9-24-20(27-19)26-18-8-17(28-29-18)12-4-5-12/h8-9,12-15H,4-7,10-11H2,1-3H3,(H3,24,25,26,27,28,29). The molecule has 2 aliphatic carbocycles. The maximum absolute atomic E-state index is 12.4. The molecule has 1 amide bonds. The van der Waals surface area contributed by atoms with E-state index in [0.29, 0.717) is 40.4 Å². The number of carbonyl (C=O) groups excluding carboxylic acids is 1. The molecule has 2 unspecified atom stereocenters. The number of H-pyrrole nitrogens is 1. The Hall–Kier alpha value is -2.55. The highest BCUT2D eigenvalue weighted by Gasteiger charge is 2.43. The van der Waals surface area contributed by atoms with Crippen molar-refractivity contribution in [2.24, 2.45) is 11.8 Å². The normalized spacial score (nSPS) is 25.0. The first-order valence-electron chi connectivity index (χ1n) is 11.3. The van der Waals surface area contributed by atoms with Crippen LogP contribution in [0.3, 0.4) is 0 Å². The third kappa shape index (κ3) is 4.77. The van der Waals surface area contributed by atoms with Gasteiger partial charge < -0.3 is 20.3 Å². The highest BCUT2D eigenvalue weighted by atomic mass is 35.5. The molecular formula is C22H30ClN7O2. The monoisotopic (exact) mass is 459 g/mol. The number of hydrogen-bond acceptors (Lipinski definition) is 7. The van der Waals surface area contributed by atoms with E-state index in [1.807, 2.05) is 31.7 Å². The maximum Gasteiger partial charge on any atom is 0.410 e. The van der Waals surface area contributed by atoms with Crippen LogP contribution in [0.5, 0.6) is 0 Å². The van der Waals surface area contributed by atoms with Crippen LogP contribution in [0.25, 0.3) is 0 Å². The predicted molar refractivity (Wildman–Crippen MR) is 122 cm³/mol. The molecule has 1 aliphatic heterocycles. The fraction of sp³-hybridized carbons (Fsp3) is 0.636. The van der Waals surface area contributed by atoms with Crippen molar-refractivity contribution in [3.63, 3.8) is 0 Å². The fourth-order valence-electron chi connectivity index (χ4n) is 4.73. The van der Waals surface area contributed by atoms with Crippen molar-refractivity contribution in [1.29, 1.82) is 0 Å². The van der Waals surface area contributed by atoms with Gasteiger partial charge in [-0.2, -0.15) is 10.1 Å². The van der Waals surface area contributed by atoms with Gasteiger partial charge in [-0.05, 0) is 58.3 Å². The minimum absolute atomic E-state index is 0.214. The number of fused-ring (bicyclic) bond motifs is 1. The smallest absolute Gasteiger partial charge is 0.410 e. The number of anilines is 3. The van der Waals surface area contributed by atoms with Gasteiger partial charge in [-0.25, -0.2) is 9.78 Å². The van der Waals surface area contributed by atoms with Crippen LogP contribution in [0.15, 0.2) is 12.3 Å². The molecule has 3 heterocycles. The van der Waals surface area contributed by atoms with Gasteiger partial charge in [0, 0.05) is 36.8 Å². The molecule has 10 heteroatoms. The third-order valence-electron chi connectivity index (χ3n) is 6.34. The number of hydrogen-bond donors (Lipinski definition) is 3. The summed E-state index contributed by atoms with van der Waals surface area (Å²) in [7, 11) is 0. The van der Waals surface area contributed by atoms with Crippen molar-refractivity contribution in [1.82, 2.24) is 25.1 Å². The number of rotatable bonds is 5. The van der Waals surface area contributed by atoms with Crippen LogP contribution in [0.4, 0.5) is 22.4 Å². The molecule has 3 N–H and O–H groups in total. The van der Waals surface area contributed by atoms with E-state index in [2.05, 4.69) is 30.8 Å². The molecule has 0 spiro atoms. The number of halogens is 1. The molecule has 32 heavy (non-hydrogen) atoms. The average molecular weight is 460 g/mol. The summed E-state index contributed by atoms with van der Waals surface area (Å²) in [6.07, 6.45) is 5.76. The van der Waals surface area contributed by atoms with Gasteiger partial charge in [-0.1, -0.05) is 11.6 Å². The lowest BCUT2D eigenvalue weighted by atomic mass is 10.0. The second-order valence-electron chi connectivity index (χ2n) is 10.2. The lowest BCUT2D eigenvalue weighted by Crippen LogP contribution is -2.36. The van der Waals surface area contributed by atoms with E-state index in [9.17, 15) is 4.79 Å². The van der Waals surface area contributed by atoms with Crippen LogP contribution in [0, 0.1) is 11.8 Å². The number of nitrogens with one attached hydrogen (secondary N) is 3. The quantitative estimate of drug-likeness (QED) is 0.602. The molecule has 3 aliphatic rings. The van der Waals surface area contributed by atoms with Gasteiger partial charge in [0.05, 0.1) is 6.20 Å². The van der Waals surface area contributed by atoms with Crippen molar-refractivity contribution < 1.29 is 9.53 Å². The lowest BCUT2D eigenvalue weighted by molar-refractivity contribution is 0.0280. The summed E-state index contributed by atoms with van der Waals surface area (Å²) in [4.78, 5) is 23.1. The number of aromatic amines is 1. The zero-order valence-corrected chi connectivity index (χ0v) is 19.4. The molecule has 0 bridgehead atoms. The van der Waals surface area contributed by atoms with Crippen LogP contribution in [-0.2, 0) is 4.74 Å².